The molecule has 0 aromatic rings. The third-order valence-corrected chi connectivity index (χ3v) is 2.73. The molecule has 0 aromatic heterocycles. The molecule has 0 saturated carbocycles. The van der Waals surface area contributed by atoms with Gasteiger partial charge in [-0.1, -0.05) is 39.0 Å². The van der Waals surface area contributed by atoms with E-state index in [0.29, 0.717) is 6.61 Å². The molecule has 0 spiro atoms. The Morgan fingerprint density at radius 3 is 2.19 bits per heavy atom. The molecule has 96 valence electrons. The van der Waals surface area contributed by atoms with Crippen molar-refractivity contribution in [3.8, 4) is 0 Å². The van der Waals surface area contributed by atoms with Gasteiger partial charge in [0.1, 0.15) is 0 Å². The second-order valence-electron chi connectivity index (χ2n) is 4.62. The van der Waals surface area contributed by atoms with Crippen LogP contribution in [0.3, 0.4) is 0 Å². The van der Waals surface area contributed by atoms with E-state index >= 15 is 0 Å². The van der Waals surface area contributed by atoms with Crippen molar-refractivity contribution in [3.63, 3.8) is 0 Å². The van der Waals surface area contributed by atoms with Crippen LogP contribution in [0.2, 0.25) is 0 Å². The Morgan fingerprint density at radius 1 is 1.06 bits per heavy atom. The number of carbonyl (C=O) groups is 1. The molecule has 0 N–H and O–H groups in total. The van der Waals surface area contributed by atoms with Crippen LogP contribution in [0.5, 0.6) is 0 Å². The van der Waals surface area contributed by atoms with Crippen LogP contribution in [0, 0.1) is 0 Å². The van der Waals surface area contributed by atoms with Gasteiger partial charge in [0.15, 0.2) is 5.60 Å². The van der Waals surface area contributed by atoms with Gasteiger partial charge >= 0.3 is 5.97 Å². The van der Waals surface area contributed by atoms with E-state index in [2.05, 4.69) is 6.92 Å². The van der Waals surface area contributed by atoms with Crippen molar-refractivity contribution in [2.24, 2.45) is 0 Å². The second-order valence-corrected chi connectivity index (χ2v) is 4.62. The fourth-order valence-electron chi connectivity index (χ4n) is 1.30. The zero-order valence-corrected chi connectivity index (χ0v) is 11.2. The first-order valence-corrected chi connectivity index (χ1v) is 6.27. The number of methoxy groups -OCH3 is 1. The van der Waals surface area contributed by atoms with Crippen molar-refractivity contribution in [1.82, 2.24) is 0 Å². The molecule has 16 heavy (non-hydrogen) atoms. The SMILES string of the molecule is CCCCCCCCOC(=O)C(C)(C)OC. The van der Waals surface area contributed by atoms with Gasteiger partial charge in [0.25, 0.3) is 0 Å². The van der Waals surface area contributed by atoms with Gasteiger partial charge in [0, 0.05) is 7.11 Å². The molecule has 0 bridgehead atoms. The summed E-state index contributed by atoms with van der Waals surface area (Å²) >= 11 is 0. The summed E-state index contributed by atoms with van der Waals surface area (Å²) in [6.45, 7) is 6.15. The number of unbranched alkanes of at least 4 members (excludes halogenated alkanes) is 5. The molecule has 0 unspecified atom stereocenters. The minimum Gasteiger partial charge on any atom is -0.464 e. The Bertz CT molecular complexity index is 188. The number of hydrogen-bond acceptors (Lipinski definition) is 3. The van der Waals surface area contributed by atoms with Crippen molar-refractivity contribution in [2.45, 2.75) is 64.9 Å². The van der Waals surface area contributed by atoms with Gasteiger partial charge in [0.05, 0.1) is 6.61 Å². The minimum atomic E-state index is -0.817. The Hall–Kier alpha value is -0.570. The monoisotopic (exact) mass is 230 g/mol. The lowest BCUT2D eigenvalue weighted by atomic mass is 10.1. The van der Waals surface area contributed by atoms with Crippen molar-refractivity contribution >= 4 is 5.97 Å². The number of hydrogen-bond donors (Lipinski definition) is 0. The third kappa shape index (κ3) is 6.83. The molecule has 0 aliphatic heterocycles. The van der Waals surface area contributed by atoms with Crippen LogP contribution in [0.1, 0.15) is 59.3 Å². The molecular weight excluding hydrogens is 204 g/mol. The van der Waals surface area contributed by atoms with Gasteiger partial charge in [-0.3, -0.25) is 0 Å². The van der Waals surface area contributed by atoms with E-state index in [1.54, 1.807) is 13.8 Å². The largest absolute Gasteiger partial charge is 0.464 e. The molecule has 0 saturated heterocycles. The summed E-state index contributed by atoms with van der Waals surface area (Å²) in [5.41, 5.74) is -0.817. The highest BCUT2D eigenvalue weighted by Crippen LogP contribution is 2.11. The molecule has 3 heteroatoms. The molecule has 0 amide bonds. The lowest BCUT2D eigenvalue weighted by molar-refractivity contribution is -0.165. The molecule has 0 aliphatic carbocycles. The highest BCUT2D eigenvalue weighted by atomic mass is 16.6. The smallest absolute Gasteiger partial charge is 0.337 e. The van der Waals surface area contributed by atoms with E-state index < -0.39 is 5.60 Å². The average molecular weight is 230 g/mol. The summed E-state index contributed by atoms with van der Waals surface area (Å²) in [7, 11) is 1.52. The predicted molar refractivity (Wildman–Crippen MR) is 65.4 cm³/mol. The number of ether oxygens (including phenoxy) is 2. The molecule has 0 radical (unpaired) electrons. The first-order chi connectivity index (χ1) is 7.54. The normalized spacial score (nSPS) is 11.5. The van der Waals surface area contributed by atoms with Crippen molar-refractivity contribution in [3.05, 3.63) is 0 Å². The van der Waals surface area contributed by atoms with Crippen molar-refractivity contribution in [1.29, 1.82) is 0 Å². The average Bonchev–Trinajstić information content (AvgIpc) is 2.27. The highest BCUT2D eigenvalue weighted by molar-refractivity contribution is 5.78. The fourth-order valence-corrected chi connectivity index (χ4v) is 1.30. The zero-order valence-electron chi connectivity index (χ0n) is 11.2. The van der Waals surface area contributed by atoms with Gasteiger partial charge in [0.2, 0.25) is 0 Å². The first-order valence-electron chi connectivity index (χ1n) is 6.27. The quantitative estimate of drug-likeness (QED) is 0.450. The third-order valence-electron chi connectivity index (χ3n) is 2.73. The van der Waals surface area contributed by atoms with Gasteiger partial charge in [-0.15, -0.1) is 0 Å². The maximum Gasteiger partial charge on any atom is 0.337 e. The lowest BCUT2D eigenvalue weighted by Crippen LogP contribution is -2.35. The van der Waals surface area contributed by atoms with E-state index in [1.165, 1.54) is 32.8 Å². The summed E-state index contributed by atoms with van der Waals surface area (Å²) in [5, 5.41) is 0. The maximum absolute atomic E-state index is 11.5. The Balaban J connectivity index is 3.42. The van der Waals surface area contributed by atoms with E-state index in [4.69, 9.17) is 9.47 Å². The molecule has 0 aliphatic rings. The van der Waals surface area contributed by atoms with Gasteiger partial charge in [-0.2, -0.15) is 0 Å². The molecule has 0 atom stereocenters. The Kier molecular flexibility index (Phi) is 8.26. The fraction of sp³-hybridized carbons (Fsp3) is 0.923. The van der Waals surface area contributed by atoms with E-state index in [9.17, 15) is 4.79 Å². The lowest BCUT2D eigenvalue weighted by Gasteiger charge is -2.20. The molecule has 0 heterocycles. The van der Waals surface area contributed by atoms with Crippen LogP contribution < -0.4 is 0 Å². The summed E-state index contributed by atoms with van der Waals surface area (Å²) < 4.78 is 10.2. The zero-order chi connectivity index (χ0) is 12.4. The van der Waals surface area contributed by atoms with Gasteiger partial charge in [-0.05, 0) is 20.3 Å². The van der Waals surface area contributed by atoms with Crippen LogP contribution in [0.25, 0.3) is 0 Å². The first kappa shape index (κ1) is 15.4. The van der Waals surface area contributed by atoms with Crippen LogP contribution >= 0.6 is 0 Å². The number of carbonyl (C=O) groups excluding carboxylic acids is 1. The van der Waals surface area contributed by atoms with Crippen LogP contribution in [0.15, 0.2) is 0 Å². The van der Waals surface area contributed by atoms with E-state index in [-0.39, 0.29) is 5.97 Å². The minimum absolute atomic E-state index is 0.274. The summed E-state index contributed by atoms with van der Waals surface area (Å²) in [4.78, 5) is 11.5. The predicted octanol–water partition coefficient (Wildman–Crippen LogP) is 3.32. The van der Waals surface area contributed by atoms with Gasteiger partial charge in [-0.25, -0.2) is 4.79 Å². The van der Waals surface area contributed by atoms with Crippen LogP contribution in [0.4, 0.5) is 0 Å². The van der Waals surface area contributed by atoms with Crippen molar-refractivity contribution in [2.75, 3.05) is 13.7 Å². The maximum atomic E-state index is 11.5. The topological polar surface area (TPSA) is 35.5 Å². The van der Waals surface area contributed by atoms with Gasteiger partial charge < -0.3 is 9.47 Å². The Labute approximate surface area is 99.5 Å². The Morgan fingerprint density at radius 2 is 1.62 bits per heavy atom. The molecule has 0 fully saturated rings. The number of esters is 1. The molecule has 0 rings (SSSR count). The number of rotatable bonds is 9. The van der Waals surface area contributed by atoms with Crippen LogP contribution in [-0.4, -0.2) is 25.3 Å². The molecule has 0 aromatic carbocycles. The van der Waals surface area contributed by atoms with E-state index in [0.717, 1.165) is 12.8 Å². The highest BCUT2D eigenvalue weighted by Gasteiger charge is 2.28. The molecule has 3 nitrogen and oxygen atoms in total. The standard InChI is InChI=1S/C13H26O3/c1-5-6-7-8-9-10-11-16-12(14)13(2,3)15-4/h5-11H2,1-4H3. The van der Waals surface area contributed by atoms with Crippen molar-refractivity contribution < 1.29 is 14.3 Å². The summed E-state index contributed by atoms with van der Waals surface area (Å²) in [6, 6.07) is 0. The molecular formula is C13H26O3. The van der Waals surface area contributed by atoms with Crippen LogP contribution in [-0.2, 0) is 14.3 Å². The summed E-state index contributed by atoms with van der Waals surface area (Å²) in [5.74, 6) is -0.274. The second kappa shape index (κ2) is 8.57. The van der Waals surface area contributed by atoms with E-state index in [1.807, 2.05) is 0 Å². The summed E-state index contributed by atoms with van der Waals surface area (Å²) in [6.07, 6.45) is 7.18.